The average molecular weight is 527 g/mol. The fraction of sp³-hybridized carbons (Fsp3) is 0.320. The number of aliphatic hydroxyl groups excluding tert-OH is 2. The topological polar surface area (TPSA) is 132 Å². The van der Waals surface area contributed by atoms with Gasteiger partial charge in [0.05, 0.1) is 48.7 Å². The molecule has 0 bridgehead atoms. The van der Waals surface area contributed by atoms with Crippen molar-refractivity contribution in [3.05, 3.63) is 71.1 Å². The van der Waals surface area contributed by atoms with Gasteiger partial charge in [-0.05, 0) is 12.1 Å². The number of imide groups is 1. The number of carbonyl (C=O) groups is 3. The molecule has 5 rings (SSSR count). The van der Waals surface area contributed by atoms with Crippen molar-refractivity contribution < 1.29 is 33.4 Å². The van der Waals surface area contributed by atoms with E-state index in [1.165, 1.54) is 16.0 Å². The Morgan fingerprint density at radius 3 is 2.08 bits per heavy atom. The van der Waals surface area contributed by atoms with E-state index in [-0.39, 0.29) is 49.8 Å². The van der Waals surface area contributed by atoms with Crippen LogP contribution in [0.5, 0.6) is 0 Å². The van der Waals surface area contributed by atoms with Crippen LogP contribution in [-0.2, 0) is 11.3 Å². The molecule has 0 radical (unpaired) electrons. The van der Waals surface area contributed by atoms with Crippen molar-refractivity contribution in [3.8, 4) is 5.69 Å². The van der Waals surface area contributed by atoms with Gasteiger partial charge in [0.15, 0.2) is 11.6 Å². The number of rotatable bonds is 7. The monoisotopic (exact) mass is 526 g/mol. The van der Waals surface area contributed by atoms with E-state index >= 15 is 8.78 Å². The Bertz CT molecular complexity index is 1340. The van der Waals surface area contributed by atoms with E-state index in [0.29, 0.717) is 11.1 Å². The molecule has 1 saturated heterocycles. The van der Waals surface area contributed by atoms with E-state index in [1.54, 1.807) is 24.3 Å². The molecular weight excluding hydrogens is 502 g/mol. The lowest BCUT2D eigenvalue weighted by Gasteiger charge is -2.37. The number of piperazine rings is 1. The van der Waals surface area contributed by atoms with E-state index in [0.717, 1.165) is 21.7 Å². The summed E-state index contributed by atoms with van der Waals surface area (Å²) in [5.74, 6) is -3.90. The molecule has 13 heteroatoms. The lowest BCUT2D eigenvalue weighted by atomic mass is 10.1. The molecule has 0 saturated carbocycles. The number of fused-ring (bicyclic) bond motifs is 1. The molecule has 38 heavy (non-hydrogen) atoms. The largest absolute Gasteiger partial charge is 0.395 e. The molecular formula is C25H24F2N6O5. The molecule has 1 fully saturated rings. The number of carbonyl (C=O) groups excluding carboxylic acids is 3. The number of aliphatic hydroxyl groups is 2. The molecule has 0 aliphatic carbocycles. The third-order valence-electron chi connectivity index (χ3n) is 6.70. The quantitative estimate of drug-likeness (QED) is 0.428. The van der Waals surface area contributed by atoms with Gasteiger partial charge in [-0.2, -0.15) is 0 Å². The number of amides is 3. The molecule has 2 N–H and O–H groups in total. The first kappa shape index (κ1) is 25.4. The zero-order valence-electron chi connectivity index (χ0n) is 20.1. The third-order valence-corrected chi connectivity index (χ3v) is 6.70. The van der Waals surface area contributed by atoms with Crippen LogP contribution in [0.15, 0.2) is 42.6 Å². The number of benzene rings is 2. The van der Waals surface area contributed by atoms with Gasteiger partial charge in [-0.1, -0.05) is 17.3 Å². The van der Waals surface area contributed by atoms with Crippen LogP contribution in [0, 0.1) is 17.6 Å². The van der Waals surface area contributed by atoms with Gasteiger partial charge >= 0.3 is 0 Å². The second kappa shape index (κ2) is 10.3. The Balaban J connectivity index is 1.28. The van der Waals surface area contributed by atoms with Gasteiger partial charge in [0.2, 0.25) is 5.91 Å². The van der Waals surface area contributed by atoms with E-state index in [2.05, 4.69) is 10.3 Å². The lowest BCUT2D eigenvalue weighted by Crippen LogP contribution is -2.51. The van der Waals surface area contributed by atoms with Crippen molar-refractivity contribution in [3.63, 3.8) is 0 Å². The van der Waals surface area contributed by atoms with Crippen molar-refractivity contribution in [1.29, 1.82) is 0 Å². The number of nitrogens with zero attached hydrogens (tertiary/aromatic N) is 6. The second-order valence-corrected chi connectivity index (χ2v) is 9.03. The average Bonchev–Trinajstić information content (AvgIpc) is 3.49. The maximum Gasteiger partial charge on any atom is 0.261 e. The van der Waals surface area contributed by atoms with Crippen LogP contribution in [0.2, 0.25) is 0 Å². The second-order valence-electron chi connectivity index (χ2n) is 9.03. The number of aromatic nitrogens is 3. The lowest BCUT2D eigenvalue weighted by molar-refractivity contribution is -0.138. The summed E-state index contributed by atoms with van der Waals surface area (Å²) in [6, 6.07) is 8.67. The minimum Gasteiger partial charge on any atom is -0.395 e. The van der Waals surface area contributed by atoms with Crippen molar-refractivity contribution >= 4 is 23.4 Å². The SMILES string of the molecule is O=C(C(CO)CO)N1CCN(c2c(F)cc(-n3cc(CN4C(=O)c5ccccc5C4=O)nn3)cc2F)CC1. The van der Waals surface area contributed by atoms with Crippen molar-refractivity contribution in [2.75, 3.05) is 44.3 Å². The van der Waals surface area contributed by atoms with Crippen molar-refractivity contribution in [1.82, 2.24) is 24.8 Å². The Morgan fingerprint density at radius 1 is 0.947 bits per heavy atom. The summed E-state index contributed by atoms with van der Waals surface area (Å²) in [6.45, 7) is -0.427. The Labute approximate surface area is 215 Å². The van der Waals surface area contributed by atoms with E-state index in [1.807, 2.05) is 0 Å². The standard InChI is InChI=1S/C25H24F2N6O5/c26-20-9-17(10-21(27)22(20)30-5-7-31(8-6-30)23(36)15(13-34)14-35)33-12-16(28-29-33)11-32-24(37)18-3-1-2-4-19(18)25(32)38/h1-4,9-10,12,15,34-35H,5-8,11,13-14H2. The third kappa shape index (κ3) is 4.50. The van der Waals surface area contributed by atoms with Gasteiger partial charge < -0.3 is 20.0 Å². The molecule has 3 amide bonds. The summed E-state index contributed by atoms with van der Waals surface area (Å²) in [7, 11) is 0. The van der Waals surface area contributed by atoms with E-state index < -0.39 is 48.5 Å². The van der Waals surface area contributed by atoms with Crippen molar-refractivity contribution in [2.45, 2.75) is 6.54 Å². The zero-order chi connectivity index (χ0) is 27.0. The first-order chi connectivity index (χ1) is 18.3. The fourth-order valence-electron chi connectivity index (χ4n) is 4.65. The van der Waals surface area contributed by atoms with Gasteiger partial charge in [-0.15, -0.1) is 5.10 Å². The summed E-state index contributed by atoms with van der Waals surface area (Å²) in [5.41, 5.74) is 0.683. The predicted octanol–water partition coefficient (Wildman–Crippen LogP) is 0.591. The number of hydrogen-bond donors (Lipinski definition) is 2. The minimum absolute atomic E-state index is 0.0624. The smallest absolute Gasteiger partial charge is 0.261 e. The van der Waals surface area contributed by atoms with E-state index in [9.17, 15) is 24.6 Å². The number of anilines is 1. The molecule has 198 valence electrons. The van der Waals surface area contributed by atoms with Crippen LogP contribution >= 0.6 is 0 Å². The first-order valence-electron chi connectivity index (χ1n) is 11.9. The van der Waals surface area contributed by atoms with Crippen LogP contribution in [0.4, 0.5) is 14.5 Å². The fourth-order valence-corrected chi connectivity index (χ4v) is 4.65. The Morgan fingerprint density at radius 2 is 1.53 bits per heavy atom. The van der Waals surface area contributed by atoms with Crippen LogP contribution in [0.3, 0.4) is 0 Å². The number of hydrogen-bond acceptors (Lipinski definition) is 8. The van der Waals surface area contributed by atoms with E-state index in [4.69, 9.17) is 0 Å². The summed E-state index contributed by atoms with van der Waals surface area (Å²) in [4.78, 5) is 41.5. The van der Waals surface area contributed by atoms with Gasteiger partial charge in [-0.3, -0.25) is 19.3 Å². The molecule has 3 aromatic rings. The highest BCUT2D eigenvalue weighted by Gasteiger charge is 2.35. The minimum atomic E-state index is -0.918. The van der Waals surface area contributed by atoms with Crippen molar-refractivity contribution in [2.24, 2.45) is 5.92 Å². The van der Waals surface area contributed by atoms with Gasteiger partial charge in [0.1, 0.15) is 11.4 Å². The maximum atomic E-state index is 15.1. The molecule has 3 heterocycles. The van der Waals surface area contributed by atoms with Crippen LogP contribution in [0.25, 0.3) is 5.69 Å². The zero-order valence-corrected chi connectivity index (χ0v) is 20.1. The summed E-state index contributed by atoms with van der Waals surface area (Å²) >= 11 is 0. The molecule has 2 aliphatic heterocycles. The van der Waals surface area contributed by atoms with Gasteiger partial charge in [0.25, 0.3) is 11.8 Å². The van der Waals surface area contributed by atoms with Crippen LogP contribution in [0.1, 0.15) is 26.4 Å². The number of halogens is 2. The summed E-state index contributed by atoms with van der Waals surface area (Å²) in [5, 5.41) is 26.3. The molecule has 2 aliphatic rings. The highest BCUT2D eigenvalue weighted by molar-refractivity contribution is 6.21. The molecule has 0 spiro atoms. The molecule has 2 aromatic carbocycles. The molecule has 11 nitrogen and oxygen atoms in total. The maximum absolute atomic E-state index is 15.1. The highest BCUT2D eigenvalue weighted by atomic mass is 19.1. The highest BCUT2D eigenvalue weighted by Crippen LogP contribution is 2.28. The Hall–Kier alpha value is -4.23. The summed E-state index contributed by atoms with van der Waals surface area (Å²) in [6.07, 6.45) is 1.39. The molecule has 0 unspecified atom stereocenters. The van der Waals surface area contributed by atoms with Crippen LogP contribution < -0.4 is 4.90 Å². The van der Waals surface area contributed by atoms with Gasteiger partial charge in [0, 0.05) is 38.3 Å². The first-order valence-corrected chi connectivity index (χ1v) is 11.9. The molecule has 0 atom stereocenters. The summed E-state index contributed by atoms with van der Waals surface area (Å²) < 4.78 is 31.3. The predicted molar refractivity (Wildman–Crippen MR) is 128 cm³/mol. The van der Waals surface area contributed by atoms with Gasteiger partial charge in [-0.25, -0.2) is 13.5 Å². The normalized spacial score (nSPS) is 15.6. The van der Waals surface area contributed by atoms with Crippen LogP contribution in [-0.4, -0.2) is 92.1 Å². The Kier molecular flexibility index (Phi) is 6.87. The molecule has 1 aromatic heterocycles.